The Labute approximate surface area is 176 Å². The average Bonchev–Trinajstić information content (AvgIpc) is 3.35. The van der Waals surface area contributed by atoms with Crippen LogP contribution in [0, 0.1) is 24.4 Å². The Morgan fingerprint density at radius 1 is 1.19 bits per heavy atom. The maximum absolute atomic E-state index is 14.1. The van der Waals surface area contributed by atoms with Gasteiger partial charge >= 0.3 is 0 Å². The number of benzene rings is 2. The van der Waals surface area contributed by atoms with E-state index in [1.54, 1.807) is 24.0 Å². The number of nitrogens with zero attached hydrogens (tertiary/aromatic N) is 5. The normalized spacial score (nSPS) is 17.0. The third-order valence-corrected chi connectivity index (χ3v) is 5.36. The molecule has 0 spiro atoms. The molecule has 2 unspecified atom stereocenters. The number of halogens is 3. The summed E-state index contributed by atoms with van der Waals surface area (Å²) in [5, 5.41) is 14.4. The summed E-state index contributed by atoms with van der Waals surface area (Å²) >= 11 is 0. The highest BCUT2D eigenvalue weighted by atomic mass is 19.1. The number of tetrazole rings is 1. The second-order valence-corrected chi connectivity index (χ2v) is 7.56. The Bertz CT molecular complexity index is 1090. The molecule has 7 nitrogen and oxygen atoms in total. The summed E-state index contributed by atoms with van der Waals surface area (Å²) in [6.45, 7) is 2.59. The number of anilines is 1. The van der Waals surface area contributed by atoms with Crippen molar-refractivity contribution in [2.45, 2.75) is 31.8 Å². The first kappa shape index (κ1) is 20.8. The van der Waals surface area contributed by atoms with Crippen LogP contribution in [0.3, 0.4) is 0 Å². The molecule has 0 aliphatic carbocycles. The predicted octanol–water partition coefficient (Wildman–Crippen LogP) is 2.58. The second kappa shape index (κ2) is 8.75. The number of nitrogens with one attached hydrogen (secondary N) is 1. The van der Waals surface area contributed by atoms with Crippen LogP contribution in [0.25, 0.3) is 0 Å². The van der Waals surface area contributed by atoms with Crippen molar-refractivity contribution in [3.63, 3.8) is 0 Å². The van der Waals surface area contributed by atoms with E-state index in [9.17, 15) is 18.0 Å². The lowest BCUT2D eigenvalue weighted by molar-refractivity contribution is -0.125. The Morgan fingerprint density at radius 2 is 2.00 bits per heavy atom. The van der Waals surface area contributed by atoms with Gasteiger partial charge in [-0.25, -0.2) is 17.9 Å². The number of amides is 1. The molecule has 1 aliphatic rings. The number of rotatable bonds is 6. The van der Waals surface area contributed by atoms with Crippen molar-refractivity contribution in [3.05, 3.63) is 71.3 Å². The zero-order valence-corrected chi connectivity index (χ0v) is 16.8. The average molecular weight is 430 g/mol. The van der Waals surface area contributed by atoms with Gasteiger partial charge in [-0.2, -0.15) is 0 Å². The Hall–Kier alpha value is -3.43. The molecule has 1 N–H and O–H groups in total. The van der Waals surface area contributed by atoms with Gasteiger partial charge in [-0.1, -0.05) is 12.1 Å². The summed E-state index contributed by atoms with van der Waals surface area (Å²) in [6.07, 6.45) is 0.808. The first-order chi connectivity index (χ1) is 14.9. The van der Waals surface area contributed by atoms with Crippen molar-refractivity contribution in [2.75, 3.05) is 18.0 Å². The Balaban J connectivity index is 1.48. The maximum Gasteiger partial charge on any atom is 0.245 e. The largest absolute Gasteiger partial charge is 0.367 e. The molecule has 4 rings (SSSR count). The van der Waals surface area contributed by atoms with Crippen LogP contribution in [0.5, 0.6) is 0 Å². The first-order valence-corrected chi connectivity index (χ1v) is 9.90. The minimum Gasteiger partial charge on any atom is -0.367 e. The lowest BCUT2D eigenvalue weighted by Gasteiger charge is -2.22. The lowest BCUT2D eigenvalue weighted by Crippen LogP contribution is -2.42. The van der Waals surface area contributed by atoms with Crippen molar-refractivity contribution >= 4 is 11.6 Å². The molecule has 10 heteroatoms. The summed E-state index contributed by atoms with van der Waals surface area (Å²) in [7, 11) is 0. The smallest absolute Gasteiger partial charge is 0.245 e. The van der Waals surface area contributed by atoms with Gasteiger partial charge in [0, 0.05) is 31.6 Å². The van der Waals surface area contributed by atoms with Crippen LogP contribution in [-0.2, 0) is 11.2 Å². The molecule has 2 atom stereocenters. The molecule has 2 heterocycles. The summed E-state index contributed by atoms with van der Waals surface area (Å²) in [4.78, 5) is 14.9. The summed E-state index contributed by atoms with van der Waals surface area (Å²) in [5.74, 6) is -1.52. The fourth-order valence-electron chi connectivity index (χ4n) is 3.84. The highest BCUT2D eigenvalue weighted by molar-refractivity contribution is 5.81. The zero-order chi connectivity index (χ0) is 22.0. The van der Waals surface area contributed by atoms with Gasteiger partial charge in [0.1, 0.15) is 29.3 Å². The van der Waals surface area contributed by atoms with E-state index in [0.29, 0.717) is 36.6 Å². The molecule has 162 valence electrons. The van der Waals surface area contributed by atoms with Gasteiger partial charge < -0.3 is 10.2 Å². The number of aromatic nitrogens is 4. The van der Waals surface area contributed by atoms with E-state index < -0.39 is 23.5 Å². The number of hydrogen-bond donors (Lipinski definition) is 1. The van der Waals surface area contributed by atoms with E-state index in [4.69, 9.17) is 0 Å². The molecule has 0 radical (unpaired) electrons. The maximum atomic E-state index is 14.1. The Morgan fingerprint density at radius 3 is 2.71 bits per heavy atom. The summed E-state index contributed by atoms with van der Waals surface area (Å²) < 4.78 is 42.3. The fourth-order valence-corrected chi connectivity index (χ4v) is 3.84. The van der Waals surface area contributed by atoms with Crippen molar-refractivity contribution in [3.8, 4) is 0 Å². The van der Waals surface area contributed by atoms with Crippen LogP contribution >= 0.6 is 0 Å². The van der Waals surface area contributed by atoms with Crippen LogP contribution in [0.4, 0.5) is 18.9 Å². The minimum atomic E-state index is -0.770. The van der Waals surface area contributed by atoms with E-state index in [-0.39, 0.29) is 18.4 Å². The van der Waals surface area contributed by atoms with E-state index in [1.807, 2.05) is 0 Å². The number of aryl methyl sites for hydroxylation is 1. The van der Waals surface area contributed by atoms with Crippen LogP contribution in [0.15, 0.2) is 42.5 Å². The van der Waals surface area contributed by atoms with Crippen molar-refractivity contribution in [2.24, 2.45) is 0 Å². The SMILES string of the molecule is Cc1nnnn1C(Cc1cccc(F)c1)C(=O)NC1CCN(c2ccc(F)cc2F)C1. The third-order valence-electron chi connectivity index (χ3n) is 5.36. The van der Waals surface area contributed by atoms with Crippen LogP contribution in [-0.4, -0.2) is 45.2 Å². The number of hydrogen-bond acceptors (Lipinski definition) is 5. The van der Waals surface area contributed by atoms with Crippen LogP contribution in [0.1, 0.15) is 23.9 Å². The zero-order valence-electron chi connectivity index (χ0n) is 16.8. The second-order valence-electron chi connectivity index (χ2n) is 7.56. The molecule has 3 aromatic rings. The standard InChI is InChI=1S/C21H21F3N6O/c1-13-26-27-28-30(13)20(10-14-3-2-4-15(22)9-14)21(31)25-17-7-8-29(12-17)19-6-5-16(23)11-18(19)24/h2-6,9,11,17,20H,7-8,10,12H2,1H3,(H,25,31). The van der Waals surface area contributed by atoms with Gasteiger partial charge in [-0.05, 0) is 53.6 Å². The Kier molecular flexibility index (Phi) is 5.88. The van der Waals surface area contributed by atoms with Crippen molar-refractivity contribution < 1.29 is 18.0 Å². The highest BCUT2D eigenvalue weighted by Gasteiger charge is 2.30. The lowest BCUT2D eigenvalue weighted by atomic mass is 10.0. The van der Waals surface area contributed by atoms with Crippen LogP contribution < -0.4 is 10.2 Å². The molecule has 1 amide bonds. The molecule has 1 aromatic heterocycles. The first-order valence-electron chi connectivity index (χ1n) is 9.90. The monoisotopic (exact) mass is 430 g/mol. The van der Waals surface area contributed by atoms with Crippen molar-refractivity contribution in [1.82, 2.24) is 25.5 Å². The minimum absolute atomic E-state index is 0.207. The van der Waals surface area contributed by atoms with Gasteiger partial charge in [0.15, 0.2) is 0 Å². The van der Waals surface area contributed by atoms with Gasteiger partial charge in [-0.3, -0.25) is 4.79 Å². The van der Waals surface area contributed by atoms with Gasteiger partial charge in [0.05, 0.1) is 5.69 Å². The molecule has 0 saturated carbocycles. The molecule has 2 aromatic carbocycles. The topological polar surface area (TPSA) is 75.9 Å². The summed E-state index contributed by atoms with van der Waals surface area (Å²) in [6, 6.07) is 8.47. The van der Waals surface area contributed by atoms with Crippen LogP contribution in [0.2, 0.25) is 0 Å². The molecular weight excluding hydrogens is 409 g/mol. The number of carbonyl (C=O) groups is 1. The van der Waals surface area contributed by atoms with Gasteiger partial charge in [0.2, 0.25) is 5.91 Å². The van der Waals surface area contributed by atoms with Crippen molar-refractivity contribution in [1.29, 1.82) is 0 Å². The molecule has 31 heavy (non-hydrogen) atoms. The van der Waals surface area contributed by atoms with E-state index in [1.165, 1.54) is 28.9 Å². The third kappa shape index (κ3) is 4.68. The molecule has 1 aliphatic heterocycles. The van der Waals surface area contributed by atoms with Gasteiger partial charge in [-0.15, -0.1) is 5.10 Å². The predicted molar refractivity (Wildman–Crippen MR) is 107 cm³/mol. The molecule has 1 saturated heterocycles. The van der Waals surface area contributed by atoms with E-state index >= 15 is 0 Å². The van der Waals surface area contributed by atoms with E-state index in [0.717, 1.165) is 6.07 Å². The highest BCUT2D eigenvalue weighted by Crippen LogP contribution is 2.25. The molecule has 0 bridgehead atoms. The van der Waals surface area contributed by atoms with E-state index in [2.05, 4.69) is 20.8 Å². The fraction of sp³-hybridized carbons (Fsp3) is 0.333. The van der Waals surface area contributed by atoms with Gasteiger partial charge in [0.25, 0.3) is 0 Å². The summed E-state index contributed by atoms with van der Waals surface area (Å²) in [5.41, 5.74) is 0.933. The molecular formula is C21H21F3N6O. The molecule has 1 fully saturated rings. The quantitative estimate of drug-likeness (QED) is 0.651. The number of carbonyl (C=O) groups excluding carboxylic acids is 1.